The van der Waals surface area contributed by atoms with E-state index in [0.717, 1.165) is 43.5 Å². The van der Waals surface area contributed by atoms with Crippen LogP contribution in [-0.4, -0.2) is 120 Å². The smallest absolute Gasteiger partial charge is 0.506 e. The van der Waals surface area contributed by atoms with Gasteiger partial charge in [0.05, 0.1) is 16.1 Å². The second-order valence-corrected chi connectivity index (χ2v) is 15.3. The summed E-state index contributed by atoms with van der Waals surface area (Å²) in [5, 5.41) is 13.3. The Balaban J connectivity index is 1.09. The first kappa shape index (κ1) is 37.2. The van der Waals surface area contributed by atoms with Crippen LogP contribution in [0.25, 0.3) is 0 Å². The molecule has 276 valence electrons. The molecule has 0 bridgehead atoms. The number of carbonyl (C=O) groups excluding carboxylic acids is 4. The van der Waals surface area contributed by atoms with Gasteiger partial charge >= 0.3 is 18.3 Å². The lowest BCUT2D eigenvalue weighted by molar-refractivity contribution is -0.144. The normalized spacial score (nSPS) is 21.3. The number of anilines is 1. The van der Waals surface area contributed by atoms with Crippen LogP contribution in [0.5, 0.6) is 5.75 Å². The number of amides is 4. The fourth-order valence-electron chi connectivity index (χ4n) is 7.67. The first-order valence-electron chi connectivity index (χ1n) is 17.7. The number of carbonyl (C=O) groups is 4. The van der Waals surface area contributed by atoms with Crippen molar-refractivity contribution in [3.05, 3.63) is 56.5 Å². The number of hydrogen-bond donors (Lipinski definition) is 2. The standard InChI is InChI=1S/C36H45Br2N5O8/c1-49-36(48)51-31-8-4-5-14-42(31)25-10-15-40(16-11-25)33(45)30(22-23-20-27(37)32(44)28(38)21-23)50-35(47)41-17-12-26(13-18-41)43-19-9-24-6-2-3-7-29(24)39-34(43)46/h2-3,6-7,20-21,25-26,30-31,44H,4-5,8-19,22H2,1H3,(H,39,46)/t30-,31-/m1/s1. The molecule has 3 saturated heterocycles. The Hall–Kier alpha value is -3.56. The Bertz CT molecular complexity index is 1570. The molecule has 0 aliphatic carbocycles. The number of nitrogens with zero attached hydrogens (tertiary/aromatic N) is 4. The van der Waals surface area contributed by atoms with Crippen molar-refractivity contribution in [2.45, 2.75) is 82.2 Å². The van der Waals surface area contributed by atoms with E-state index >= 15 is 0 Å². The van der Waals surface area contributed by atoms with Crippen molar-refractivity contribution in [2.24, 2.45) is 0 Å². The molecule has 3 fully saturated rings. The van der Waals surface area contributed by atoms with E-state index in [0.29, 0.717) is 72.9 Å². The van der Waals surface area contributed by atoms with E-state index in [2.05, 4.69) is 42.1 Å². The molecule has 2 aromatic carbocycles. The van der Waals surface area contributed by atoms with Crippen LogP contribution in [-0.2, 0) is 31.8 Å². The van der Waals surface area contributed by atoms with E-state index in [-0.39, 0.29) is 42.4 Å². The number of urea groups is 1. The van der Waals surface area contributed by atoms with Gasteiger partial charge in [-0.15, -0.1) is 0 Å². The number of likely N-dealkylation sites (tertiary alicyclic amines) is 3. The van der Waals surface area contributed by atoms with Gasteiger partial charge in [-0.05, 0) is 113 Å². The van der Waals surface area contributed by atoms with Crippen LogP contribution in [0, 0.1) is 0 Å². The molecule has 4 heterocycles. The third-order valence-electron chi connectivity index (χ3n) is 10.5. The van der Waals surface area contributed by atoms with Crippen molar-refractivity contribution in [3.63, 3.8) is 0 Å². The van der Waals surface area contributed by atoms with Crippen LogP contribution in [0.2, 0.25) is 0 Å². The van der Waals surface area contributed by atoms with Crippen LogP contribution in [0.1, 0.15) is 56.1 Å². The van der Waals surface area contributed by atoms with Crippen molar-refractivity contribution in [1.82, 2.24) is 19.6 Å². The Labute approximate surface area is 314 Å². The number of hydrogen-bond acceptors (Lipinski definition) is 9. The fraction of sp³-hybridized carbons (Fsp3) is 0.556. The minimum atomic E-state index is -1.09. The maximum absolute atomic E-state index is 14.1. The molecule has 51 heavy (non-hydrogen) atoms. The summed E-state index contributed by atoms with van der Waals surface area (Å²) < 4.78 is 17.2. The van der Waals surface area contributed by atoms with E-state index < -0.39 is 18.4 Å². The Morgan fingerprint density at radius 3 is 2.27 bits per heavy atom. The molecular formula is C36H45Br2N5O8. The number of para-hydroxylation sites is 1. The van der Waals surface area contributed by atoms with Crippen LogP contribution in [0.15, 0.2) is 45.3 Å². The van der Waals surface area contributed by atoms with Gasteiger partial charge in [0.1, 0.15) is 5.75 Å². The van der Waals surface area contributed by atoms with Gasteiger partial charge in [0.2, 0.25) is 0 Å². The molecule has 4 aliphatic heterocycles. The molecule has 0 spiro atoms. The van der Waals surface area contributed by atoms with Gasteiger partial charge in [-0.1, -0.05) is 18.2 Å². The van der Waals surface area contributed by atoms with E-state index in [1.54, 1.807) is 21.9 Å². The topological polar surface area (TPSA) is 141 Å². The minimum absolute atomic E-state index is 0.0219. The van der Waals surface area contributed by atoms with Gasteiger partial charge in [-0.25, -0.2) is 14.4 Å². The highest BCUT2D eigenvalue weighted by atomic mass is 79.9. The molecule has 0 saturated carbocycles. The largest absolute Gasteiger partial charge is 0.509 e. The molecule has 2 atom stereocenters. The average molecular weight is 836 g/mol. The predicted molar refractivity (Wildman–Crippen MR) is 195 cm³/mol. The highest BCUT2D eigenvalue weighted by molar-refractivity contribution is 9.11. The summed E-state index contributed by atoms with van der Waals surface area (Å²) in [7, 11) is 1.30. The van der Waals surface area contributed by atoms with E-state index in [4.69, 9.17) is 14.2 Å². The molecule has 0 unspecified atom stereocenters. The molecule has 4 aliphatic rings. The lowest BCUT2D eigenvalue weighted by Gasteiger charge is -2.44. The highest BCUT2D eigenvalue weighted by Crippen LogP contribution is 2.34. The monoisotopic (exact) mass is 833 g/mol. The predicted octanol–water partition coefficient (Wildman–Crippen LogP) is 6.11. The fourth-order valence-corrected chi connectivity index (χ4v) is 8.95. The number of fused-ring (bicyclic) bond motifs is 1. The molecule has 0 radical (unpaired) electrons. The van der Waals surface area contributed by atoms with Gasteiger partial charge in [-0.2, -0.15) is 0 Å². The quantitative estimate of drug-likeness (QED) is 0.317. The molecule has 15 heteroatoms. The number of methoxy groups -OCH3 is 1. The first-order chi connectivity index (χ1) is 24.6. The third kappa shape index (κ3) is 8.91. The van der Waals surface area contributed by atoms with Crippen molar-refractivity contribution in [1.29, 1.82) is 0 Å². The maximum atomic E-state index is 14.1. The number of halogens is 2. The first-order valence-corrected chi connectivity index (χ1v) is 19.3. The van der Waals surface area contributed by atoms with E-state index in [1.807, 2.05) is 29.2 Å². The molecular weight excluding hydrogens is 790 g/mol. The van der Waals surface area contributed by atoms with Crippen LogP contribution in [0.4, 0.5) is 20.1 Å². The summed E-state index contributed by atoms with van der Waals surface area (Å²) in [5.41, 5.74) is 2.64. The minimum Gasteiger partial charge on any atom is -0.506 e. The SMILES string of the molecule is COC(=O)O[C@@H]1CCCCN1C1CCN(C(=O)[C@@H](Cc2cc(Br)c(O)c(Br)c2)OC(=O)N2CCC(N3CCc4ccccc4NC3=O)CC2)CC1. The van der Waals surface area contributed by atoms with Crippen LogP contribution in [0.3, 0.4) is 0 Å². The molecule has 2 aromatic rings. The van der Waals surface area contributed by atoms with Gasteiger partial charge in [0, 0.05) is 63.5 Å². The molecule has 2 N–H and O–H groups in total. The van der Waals surface area contributed by atoms with Crippen molar-refractivity contribution < 1.29 is 38.5 Å². The second-order valence-electron chi connectivity index (χ2n) is 13.6. The summed E-state index contributed by atoms with van der Waals surface area (Å²) >= 11 is 6.74. The van der Waals surface area contributed by atoms with E-state index in [1.165, 1.54) is 7.11 Å². The summed E-state index contributed by atoms with van der Waals surface area (Å²) in [4.78, 5) is 60.2. The number of ether oxygens (including phenoxy) is 3. The number of aromatic hydroxyl groups is 1. The summed E-state index contributed by atoms with van der Waals surface area (Å²) in [6.45, 7) is 3.13. The molecule has 13 nitrogen and oxygen atoms in total. The summed E-state index contributed by atoms with van der Waals surface area (Å²) in [5.74, 6) is -0.239. The zero-order valence-electron chi connectivity index (χ0n) is 28.7. The highest BCUT2D eigenvalue weighted by Gasteiger charge is 2.38. The average Bonchev–Trinajstić information content (AvgIpc) is 3.31. The zero-order chi connectivity index (χ0) is 36.1. The van der Waals surface area contributed by atoms with Gasteiger partial charge in [-0.3, -0.25) is 9.69 Å². The number of piperidine rings is 3. The number of benzene rings is 2. The lowest BCUT2D eigenvalue weighted by atomic mass is 9.98. The molecule has 6 rings (SSSR count). The molecule has 0 aromatic heterocycles. The maximum Gasteiger partial charge on any atom is 0.509 e. The number of nitrogens with one attached hydrogen (secondary N) is 1. The summed E-state index contributed by atoms with van der Waals surface area (Å²) in [6.07, 6.45) is 3.44. The number of phenols is 1. The van der Waals surface area contributed by atoms with Gasteiger partial charge in [0.25, 0.3) is 5.91 Å². The van der Waals surface area contributed by atoms with Crippen LogP contribution < -0.4 is 5.32 Å². The van der Waals surface area contributed by atoms with E-state index in [9.17, 15) is 24.3 Å². The number of phenolic OH excluding ortho intramolecular Hbond substituents is 1. The van der Waals surface area contributed by atoms with Crippen LogP contribution >= 0.6 is 31.9 Å². The summed E-state index contributed by atoms with van der Waals surface area (Å²) in [6, 6.07) is 11.2. The number of rotatable bonds is 7. The Morgan fingerprint density at radius 2 is 1.57 bits per heavy atom. The third-order valence-corrected chi connectivity index (χ3v) is 11.7. The van der Waals surface area contributed by atoms with Gasteiger partial charge < -0.3 is 39.3 Å². The lowest BCUT2D eigenvalue weighted by Crippen LogP contribution is -2.55. The Kier molecular flexibility index (Phi) is 12.3. The van der Waals surface area contributed by atoms with Crippen molar-refractivity contribution in [3.8, 4) is 5.75 Å². The molecule has 4 amide bonds. The Morgan fingerprint density at radius 1 is 0.902 bits per heavy atom. The van der Waals surface area contributed by atoms with Gasteiger partial charge in [0.15, 0.2) is 12.3 Å². The second kappa shape index (κ2) is 16.8. The zero-order valence-corrected chi connectivity index (χ0v) is 31.9. The van der Waals surface area contributed by atoms with Crippen molar-refractivity contribution in [2.75, 3.05) is 51.7 Å². The van der Waals surface area contributed by atoms with Crippen molar-refractivity contribution >= 4 is 61.7 Å².